The van der Waals surface area contributed by atoms with Gasteiger partial charge in [0.05, 0.1) is 18.8 Å². The Labute approximate surface area is 109 Å². The van der Waals surface area contributed by atoms with Crippen LogP contribution in [-0.4, -0.2) is 22.4 Å². The van der Waals surface area contributed by atoms with Crippen molar-refractivity contribution in [1.29, 1.82) is 0 Å². The van der Waals surface area contributed by atoms with Crippen LogP contribution in [0.5, 0.6) is 0 Å². The number of halogens is 1. The number of rotatable bonds is 4. The lowest BCUT2D eigenvalue weighted by atomic mass is 10.2. The molecule has 2 rings (SSSR count). The number of anilines is 1. The Morgan fingerprint density at radius 1 is 1.47 bits per heavy atom. The number of hydrogen-bond donors (Lipinski definition) is 1. The van der Waals surface area contributed by atoms with Crippen molar-refractivity contribution in [2.45, 2.75) is 13.5 Å². The van der Waals surface area contributed by atoms with Gasteiger partial charge >= 0.3 is 5.97 Å². The molecule has 2 N–H and O–H groups in total. The van der Waals surface area contributed by atoms with E-state index in [0.29, 0.717) is 5.56 Å². The molecule has 2 aromatic rings. The second-order valence-corrected chi connectivity index (χ2v) is 3.94. The molecule has 0 spiro atoms. The van der Waals surface area contributed by atoms with Gasteiger partial charge in [0.25, 0.3) is 0 Å². The zero-order valence-electron chi connectivity index (χ0n) is 10.5. The predicted molar refractivity (Wildman–Crippen MR) is 68.1 cm³/mol. The molecule has 0 aliphatic rings. The van der Waals surface area contributed by atoms with Crippen LogP contribution < -0.4 is 5.73 Å². The molecule has 1 aromatic heterocycles. The van der Waals surface area contributed by atoms with Gasteiger partial charge < -0.3 is 10.5 Å². The van der Waals surface area contributed by atoms with Crippen LogP contribution in [0, 0.1) is 5.82 Å². The van der Waals surface area contributed by atoms with Crippen LogP contribution in [0.25, 0.3) is 0 Å². The molecular weight excluding hydrogens is 249 g/mol. The fraction of sp³-hybridized carbons (Fsp3) is 0.231. The molecule has 0 aliphatic carbocycles. The zero-order chi connectivity index (χ0) is 13.8. The van der Waals surface area contributed by atoms with Crippen molar-refractivity contribution in [2.75, 3.05) is 12.3 Å². The number of esters is 1. The maximum atomic E-state index is 13.5. The molecular formula is C13H14FN3O2. The topological polar surface area (TPSA) is 70.1 Å². The quantitative estimate of drug-likeness (QED) is 0.854. The summed E-state index contributed by atoms with van der Waals surface area (Å²) in [6.45, 7) is 2.15. The van der Waals surface area contributed by atoms with Crippen molar-refractivity contribution >= 4 is 11.7 Å². The molecule has 0 radical (unpaired) electrons. The number of ether oxygens (including phenoxy) is 1. The molecule has 0 fully saturated rings. The smallest absolute Gasteiger partial charge is 0.361 e. The van der Waals surface area contributed by atoms with Crippen LogP contribution in [0.2, 0.25) is 0 Å². The van der Waals surface area contributed by atoms with E-state index in [1.165, 1.54) is 16.9 Å². The third kappa shape index (κ3) is 2.90. The summed E-state index contributed by atoms with van der Waals surface area (Å²) in [5.74, 6) is -0.901. The number of nitrogen functional groups attached to an aromatic ring is 1. The number of nitrogens with two attached hydrogens (primary N) is 1. The Hall–Kier alpha value is -2.37. The van der Waals surface area contributed by atoms with E-state index in [1.54, 1.807) is 25.1 Å². The highest BCUT2D eigenvalue weighted by Gasteiger charge is 2.16. The summed E-state index contributed by atoms with van der Waals surface area (Å²) < 4.78 is 19.7. The summed E-state index contributed by atoms with van der Waals surface area (Å²) in [4.78, 5) is 11.5. The molecule has 0 amide bonds. The van der Waals surface area contributed by atoms with E-state index in [-0.39, 0.29) is 30.4 Å². The van der Waals surface area contributed by atoms with Gasteiger partial charge in [0.2, 0.25) is 0 Å². The fourth-order valence-corrected chi connectivity index (χ4v) is 1.68. The Bertz CT molecular complexity index is 595. The summed E-state index contributed by atoms with van der Waals surface area (Å²) in [6, 6.07) is 6.36. The molecule has 1 aromatic carbocycles. The van der Waals surface area contributed by atoms with Crippen molar-refractivity contribution < 1.29 is 13.9 Å². The highest BCUT2D eigenvalue weighted by molar-refractivity contribution is 5.92. The first-order chi connectivity index (χ1) is 9.11. The maximum absolute atomic E-state index is 13.5. The van der Waals surface area contributed by atoms with Crippen molar-refractivity contribution in [3.05, 3.63) is 47.5 Å². The summed E-state index contributed by atoms with van der Waals surface area (Å²) in [5.41, 5.74) is 6.43. The molecule has 100 valence electrons. The van der Waals surface area contributed by atoms with Crippen LogP contribution >= 0.6 is 0 Å². The summed E-state index contributed by atoms with van der Waals surface area (Å²) in [5, 5.41) is 4.02. The Balaban J connectivity index is 2.21. The molecule has 1 heterocycles. The zero-order valence-corrected chi connectivity index (χ0v) is 10.5. The second kappa shape index (κ2) is 5.51. The Kier molecular flexibility index (Phi) is 3.79. The highest BCUT2D eigenvalue weighted by Crippen LogP contribution is 2.13. The van der Waals surface area contributed by atoms with Gasteiger partial charge in [0, 0.05) is 11.8 Å². The average molecular weight is 263 g/mol. The van der Waals surface area contributed by atoms with Gasteiger partial charge in [-0.1, -0.05) is 18.2 Å². The minimum atomic E-state index is -0.577. The van der Waals surface area contributed by atoms with Crippen molar-refractivity contribution in [3.8, 4) is 0 Å². The molecule has 6 heteroatoms. The lowest BCUT2D eigenvalue weighted by Gasteiger charge is -2.02. The van der Waals surface area contributed by atoms with Crippen LogP contribution in [0.4, 0.5) is 10.1 Å². The van der Waals surface area contributed by atoms with Crippen molar-refractivity contribution in [2.24, 2.45) is 0 Å². The van der Waals surface area contributed by atoms with E-state index in [1.807, 2.05) is 0 Å². The van der Waals surface area contributed by atoms with E-state index >= 15 is 0 Å². The van der Waals surface area contributed by atoms with Crippen molar-refractivity contribution in [3.63, 3.8) is 0 Å². The molecule has 0 atom stereocenters. The molecule has 5 nitrogen and oxygen atoms in total. The lowest BCUT2D eigenvalue weighted by Crippen LogP contribution is -2.09. The number of hydrogen-bond acceptors (Lipinski definition) is 4. The molecule has 0 aliphatic heterocycles. The molecule has 0 unspecified atom stereocenters. The van der Waals surface area contributed by atoms with Crippen LogP contribution in [0.3, 0.4) is 0 Å². The van der Waals surface area contributed by atoms with Gasteiger partial charge in [0.1, 0.15) is 5.82 Å². The number of carbonyl (C=O) groups is 1. The minimum Gasteiger partial charge on any atom is -0.461 e. The summed E-state index contributed by atoms with van der Waals surface area (Å²) in [7, 11) is 0. The largest absolute Gasteiger partial charge is 0.461 e. The standard InChI is InChI=1S/C13H14FN3O2/c1-2-19-13(18)12-11(15)8-17(16-12)7-9-5-3-4-6-10(9)14/h3-6,8H,2,7,15H2,1H3. The van der Waals surface area contributed by atoms with Crippen LogP contribution in [-0.2, 0) is 11.3 Å². The average Bonchev–Trinajstić information content (AvgIpc) is 2.74. The Morgan fingerprint density at radius 2 is 2.21 bits per heavy atom. The number of aromatic nitrogens is 2. The second-order valence-electron chi connectivity index (χ2n) is 3.94. The van der Waals surface area contributed by atoms with E-state index in [2.05, 4.69) is 5.10 Å². The molecule has 0 saturated carbocycles. The van der Waals surface area contributed by atoms with E-state index in [4.69, 9.17) is 10.5 Å². The molecule has 0 saturated heterocycles. The van der Waals surface area contributed by atoms with Gasteiger partial charge in [-0.25, -0.2) is 9.18 Å². The van der Waals surface area contributed by atoms with Crippen LogP contribution in [0.1, 0.15) is 23.0 Å². The third-order valence-corrected chi connectivity index (χ3v) is 2.55. The van der Waals surface area contributed by atoms with Gasteiger partial charge in [0.15, 0.2) is 5.69 Å². The summed E-state index contributed by atoms with van der Waals surface area (Å²) >= 11 is 0. The first-order valence-corrected chi connectivity index (χ1v) is 5.85. The normalized spacial score (nSPS) is 10.4. The number of nitrogens with zero attached hydrogens (tertiary/aromatic N) is 2. The van der Waals surface area contributed by atoms with Gasteiger partial charge in [-0.05, 0) is 13.0 Å². The van der Waals surface area contributed by atoms with Gasteiger partial charge in [-0.3, -0.25) is 4.68 Å². The highest BCUT2D eigenvalue weighted by atomic mass is 19.1. The van der Waals surface area contributed by atoms with E-state index in [9.17, 15) is 9.18 Å². The first-order valence-electron chi connectivity index (χ1n) is 5.85. The maximum Gasteiger partial charge on any atom is 0.361 e. The molecule has 0 bridgehead atoms. The SMILES string of the molecule is CCOC(=O)c1nn(Cc2ccccc2F)cc1N. The lowest BCUT2D eigenvalue weighted by molar-refractivity contribution is 0.0519. The van der Waals surface area contributed by atoms with Crippen molar-refractivity contribution in [1.82, 2.24) is 9.78 Å². The third-order valence-electron chi connectivity index (χ3n) is 2.55. The van der Waals surface area contributed by atoms with E-state index in [0.717, 1.165) is 0 Å². The first kappa shape index (κ1) is 13.1. The monoisotopic (exact) mass is 263 g/mol. The number of carbonyl (C=O) groups excluding carboxylic acids is 1. The van der Waals surface area contributed by atoms with Crippen LogP contribution in [0.15, 0.2) is 30.5 Å². The van der Waals surface area contributed by atoms with Gasteiger partial charge in [-0.15, -0.1) is 0 Å². The summed E-state index contributed by atoms with van der Waals surface area (Å²) in [6.07, 6.45) is 1.48. The minimum absolute atomic E-state index is 0.0539. The van der Waals surface area contributed by atoms with E-state index < -0.39 is 5.97 Å². The predicted octanol–water partition coefficient (Wildman–Crippen LogP) is 1.83. The molecule has 19 heavy (non-hydrogen) atoms. The fourth-order valence-electron chi connectivity index (χ4n) is 1.68. The Morgan fingerprint density at radius 3 is 2.89 bits per heavy atom. The number of benzene rings is 1. The van der Waals surface area contributed by atoms with Gasteiger partial charge in [-0.2, -0.15) is 5.10 Å².